The smallest absolute Gasteiger partial charge is 0.234 e. The zero-order valence-electron chi connectivity index (χ0n) is 9.11. The number of hydrogen-bond acceptors (Lipinski definition) is 2. The van der Waals surface area contributed by atoms with Crippen molar-refractivity contribution < 1.29 is 12.8 Å². The molecule has 0 amide bonds. The Morgan fingerprint density at radius 3 is 2.88 bits per heavy atom. The van der Waals surface area contributed by atoms with E-state index in [1.807, 2.05) is 0 Å². The molecule has 0 spiro atoms. The van der Waals surface area contributed by atoms with Gasteiger partial charge in [0.25, 0.3) is 0 Å². The summed E-state index contributed by atoms with van der Waals surface area (Å²) in [5, 5.41) is 0. The summed E-state index contributed by atoms with van der Waals surface area (Å²) in [6.07, 6.45) is 1.48. The molecule has 0 aromatic heterocycles. The van der Waals surface area contributed by atoms with Crippen LogP contribution < -0.4 is 4.31 Å². The molecule has 16 heavy (non-hydrogen) atoms. The first-order chi connectivity index (χ1) is 7.54. The molecule has 1 heterocycles. The molecule has 0 fully saturated rings. The van der Waals surface area contributed by atoms with Crippen LogP contribution in [0.4, 0.5) is 10.1 Å². The van der Waals surface area contributed by atoms with Crippen molar-refractivity contribution in [2.24, 2.45) is 0 Å². The largest absolute Gasteiger partial charge is 0.270 e. The molecule has 88 valence electrons. The van der Waals surface area contributed by atoms with Gasteiger partial charge in [0.15, 0.2) is 0 Å². The number of sulfonamides is 1. The minimum absolute atomic E-state index is 0.0732. The first kappa shape index (κ1) is 11.4. The third-order valence-electron chi connectivity index (χ3n) is 2.82. The third kappa shape index (κ3) is 1.91. The molecule has 0 N–H and O–H groups in total. The van der Waals surface area contributed by atoms with E-state index in [1.54, 1.807) is 13.0 Å². The van der Waals surface area contributed by atoms with E-state index >= 15 is 0 Å². The van der Waals surface area contributed by atoms with Crippen molar-refractivity contribution in [3.8, 4) is 0 Å². The van der Waals surface area contributed by atoms with Crippen LogP contribution in [0.2, 0.25) is 0 Å². The van der Waals surface area contributed by atoms with Crippen LogP contribution in [0, 0.1) is 5.82 Å². The highest BCUT2D eigenvalue weighted by molar-refractivity contribution is 7.92. The summed E-state index contributed by atoms with van der Waals surface area (Å²) in [7, 11) is -3.24. The van der Waals surface area contributed by atoms with E-state index in [1.165, 1.54) is 16.4 Å². The van der Waals surface area contributed by atoms with Gasteiger partial charge in [0.1, 0.15) is 5.82 Å². The van der Waals surface area contributed by atoms with E-state index in [9.17, 15) is 12.8 Å². The second-order valence-electron chi connectivity index (χ2n) is 3.85. The van der Waals surface area contributed by atoms with E-state index in [2.05, 4.69) is 0 Å². The lowest BCUT2D eigenvalue weighted by Crippen LogP contribution is -2.36. The summed E-state index contributed by atoms with van der Waals surface area (Å²) in [6, 6.07) is 4.28. The fourth-order valence-corrected chi connectivity index (χ4v) is 3.17. The summed E-state index contributed by atoms with van der Waals surface area (Å²) in [5.74, 6) is -0.237. The Morgan fingerprint density at radius 2 is 2.19 bits per heavy atom. The fraction of sp³-hybridized carbons (Fsp3) is 0.455. The number of hydrogen-bond donors (Lipinski definition) is 0. The van der Waals surface area contributed by atoms with E-state index in [0.29, 0.717) is 12.2 Å². The average Bonchev–Trinajstić information content (AvgIpc) is 2.27. The SMILES string of the molecule is CCS(=O)(=O)N1CCCc2cc(F)ccc21. The number of aryl methyl sites for hydroxylation is 1. The zero-order chi connectivity index (χ0) is 11.8. The summed E-state index contributed by atoms with van der Waals surface area (Å²) in [4.78, 5) is 0. The highest BCUT2D eigenvalue weighted by Gasteiger charge is 2.25. The van der Waals surface area contributed by atoms with Crippen molar-refractivity contribution in [3.63, 3.8) is 0 Å². The number of benzene rings is 1. The third-order valence-corrected chi connectivity index (χ3v) is 4.60. The summed E-state index contributed by atoms with van der Waals surface area (Å²) in [5.41, 5.74) is 1.41. The molecule has 0 bridgehead atoms. The maximum atomic E-state index is 13.0. The lowest BCUT2D eigenvalue weighted by Gasteiger charge is -2.30. The van der Waals surface area contributed by atoms with Crippen LogP contribution in [0.3, 0.4) is 0 Å². The van der Waals surface area contributed by atoms with Crippen molar-refractivity contribution in [2.45, 2.75) is 19.8 Å². The standard InChI is InChI=1S/C11H14FNO2S/c1-2-16(14,15)13-7-3-4-9-8-10(12)5-6-11(9)13/h5-6,8H,2-4,7H2,1H3. The Morgan fingerprint density at radius 1 is 1.44 bits per heavy atom. The maximum absolute atomic E-state index is 13.0. The summed E-state index contributed by atoms with van der Waals surface area (Å²) in [6.45, 7) is 2.11. The molecular formula is C11H14FNO2S. The number of rotatable bonds is 2. The summed E-state index contributed by atoms with van der Waals surface area (Å²) < 4.78 is 38.1. The van der Waals surface area contributed by atoms with Crippen LogP contribution in [0.25, 0.3) is 0 Å². The van der Waals surface area contributed by atoms with Crippen molar-refractivity contribution in [3.05, 3.63) is 29.6 Å². The van der Waals surface area contributed by atoms with Gasteiger partial charge in [-0.3, -0.25) is 4.31 Å². The van der Waals surface area contributed by atoms with Crippen molar-refractivity contribution in [1.29, 1.82) is 0 Å². The number of nitrogens with zero attached hydrogens (tertiary/aromatic N) is 1. The van der Waals surface area contributed by atoms with Crippen molar-refractivity contribution in [1.82, 2.24) is 0 Å². The highest BCUT2D eigenvalue weighted by Crippen LogP contribution is 2.29. The molecule has 1 aromatic carbocycles. The van der Waals surface area contributed by atoms with Crippen molar-refractivity contribution >= 4 is 15.7 Å². The minimum Gasteiger partial charge on any atom is -0.270 e. The van der Waals surface area contributed by atoms with Gasteiger partial charge in [-0.05, 0) is 43.5 Å². The average molecular weight is 243 g/mol. The van der Waals surface area contributed by atoms with Crippen LogP contribution in [-0.4, -0.2) is 20.7 Å². The van der Waals surface area contributed by atoms with Crippen LogP contribution in [-0.2, 0) is 16.4 Å². The lowest BCUT2D eigenvalue weighted by molar-refractivity contribution is 0.586. The van der Waals surface area contributed by atoms with Crippen molar-refractivity contribution in [2.75, 3.05) is 16.6 Å². The molecule has 0 aliphatic carbocycles. The predicted octanol–water partition coefficient (Wildman–Crippen LogP) is 1.93. The molecule has 1 aliphatic rings. The highest BCUT2D eigenvalue weighted by atomic mass is 32.2. The van der Waals surface area contributed by atoms with Crippen LogP contribution >= 0.6 is 0 Å². The lowest BCUT2D eigenvalue weighted by atomic mass is 10.0. The van der Waals surface area contributed by atoms with Gasteiger partial charge >= 0.3 is 0 Å². The monoisotopic (exact) mass is 243 g/mol. The predicted molar refractivity (Wildman–Crippen MR) is 61.5 cm³/mol. The van der Waals surface area contributed by atoms with E-state index < -0.39 is 10.0 Å². The van der Waals surface area contributed by atoms with E-state index in [0.717, 1.165) is 18.4 Å². The Kier molecular flexibility index (Phi) is 2.88. The topological polar surface area (TPSA) is 37.4 Å². The molecule has 0 saturated carbocycles. The number of fused-ring (bicyclic) bond motifs is 1. The van der Waals surface area contributed by atoms with Gasteiger partial charge in [-0.2, -0.15) is 0 Å². The molecule has 2 rings (SSSR count). The fourth-order valence-electron chi connectivity index (χ4n) is 1.98. The van der Waals surface area contributed by atoms with Gasteiger partial charge in [-0.1, -0.05) is 0 Å². The van der Waals surface area contributed by atoms with Gasteiger partial charge < -0.3 is 0 Å². The zero-order valence-corrected chi connectivity index (χ0v) is 9.93. The van der Waals surface area contributed by atoms with Gasteiger partial charge in [0, 0.05) is 6.54 Å². The molecule has 0 unspecified atom stereocenters. The number of anilines is 1. The van der Waals surface area contributed by atoms with Gasteiger partial charge in [0.05, 0.1) is 11.4 Å². The van der Waals surface area contributed by atoms with Gasteiger partial charge in [-0.15, -0.1) is 0 Å². The summed E-state index contributed by atoms with van der Waals surface area (Å²) >= 11 is 0. The molecule has 1 aromatic rings. The quantitative estimate of drug-likeness (QED) is 0.796. The van der Waals surface area contributed by atoms with Crippen LogP contribution in [0.1, 0.15) is 18.9 Å². The first-order valence-electron chi connectivity index (χ1n) is 5.33. The maximum Gasteiger partial charge on any atom is 0.234 e. The Labute approximate surface area is 94.9 Å². The molecule has 0 radical (unpaired) electrons. The first-order valence-corrected chi connectivity index (χ1v) is 6.94. The molecule has 1 aliphatic heterocycles. The van der Waals surface area contributed by atoms with E-state index in [-0.39, 0.29) is 11.6 Å². The Balaban J connectivity index is 2.49. The molecule has 0 atom stereocenters. The van der Waals surface area contributed by atoms with Gasteiger partial charge in [0.2, 0.25) is 10.0 Å². The van der Waals surface area contributed by atoms with Gasteiger partial charge in [-0.25, -0.2) is 12.8 Å². The second-order valence-corrected chi connectivity index (χ2v) is 6.03. The second kappa shape index (κ2) is 4.05. The normalized spacial score (nSPS) is 16.0. The molecule has 0 saturated heterocycles. The van der Waals surface area contributed by atoms with E-state index in [4.69, 9.17) is 0 Å². The Hall–Kier alpha value is -1.10. The molecular weight excluding hydrogens is 229 g/mol. The van der Waals surface area contributed by atoms with Crippen LogP contribution in [0.15, 0.2) is 18.2 Å². The van der Waals surface area contributed by atoms with Crippen LogP contribution in [0.5, 0.6) is 0 Å². The minimum atomic E-state index is -3.24. The molecule has 5 heteroatoms. The molecule has 3 nitrogen and oxygen atoms in total. The Bertz CT molecular complexity index is 499. The number of halogens is 1.